The summed E-state index contributed by atoms with van der Waals surface area (Å²) >= 11 is 1.35. The first-order valence-corrected chi connectivity index (χ1v) is 7.82. The maximum Gasteiger partial charge on any atom is 0.261 e. The van der Waals surface area contributed by atoms with Crippen molar-refractivity contribution in [2.24, 2.45) is 0 Å². The Hall–Kier alpha value is -1.40. The summed E-state index contributed by atoms with van der Waals surface area (Å²) in [6.45, 7) is 0.298. The van der Waals surface area contributed by atoms with Crippen LogP contribution in [0.1, 0.15) is 35.4 Å². The Labute approximate surface area is 122 Å². The molecule has 2 N–H and O–H groups in total. The molecule has 2 rings (SSSR count). The van der Waals surface area contributed by atoms with E-state index in [0.717, 1.165) is 25.7 Å². The quantitative estimate of drug-likeness (QED) is 0.830. The van der Waals surface area contributed by atoms with Crippen LogP contribution >= 0.6 is 11.3 Å². The Morgan fingerprint density at radius 3 is 2.75 bits per heavy atom. The van der Waals surface area contributed by atoms with Gasteiger partial charge in [-0.3, -0.25) is 9.59 Å². The lowest BCUT2D eigenvalue weighted by molar-refractivity contribution is -0.132. The number of nitrogens with zero attached hydrogens (tertiary/aromatic N) is 1. The predicted octanol–water partition coefficient (Wildman–Crippen LogP) is 1.24. The average Bonchev–Trinajstić information content (AvgIpc) is 3.13. The summed E-state index contributed by atoms with van der Waals surface area (Å²) in [6, 6.07) is 3.75. The fourth-order valence-electron chi connectivity index (χ4n) is 2.59. The number of thiophene rings is 1. The van der Waals surface area contributed by atoms with Crippen LogP contribution in [0.15, 0.2) is 17.5 Å². The molecule has 0 radical (unpaired) electrons. The van der Waals surface area contributed by atoms with Crippen molar-refractivity contribution in [1.29, 1.82) is 0 Å². The second kappa shape index (κ2) is 7.40. The Morgan fingerprint density at radius 2 is 2.15 bits per heavy atom. The molecule has 1 fully saturated rings. The third kappa shape index (κ3) is 3.80. The predicted molar refractivity (Wildman–Crippen MR) is 77.7 cm³/mol. The van der Waals surface area contributed by atoms with Crippen LogP contribution in [0.4, 0.5) is 0 Å². The molecule has 0 saturated heterocycles. The standard InChI is InChI=1S/C14H20N2O3S/c17-8-7-16(11-4-1-2-5-11)13(18)10-15-14(19)12-6-3-9-20-12/h3,6,9,11,17H,1-2,4-5,7-8,10H2,(H,15,19). The van der Waals surface area contributed by atoms with E-state index < -0.39 is 0 Å². The largest absolute Gasteiger partial charge is 0.395 e. The molecule has 20 heavy (non-hydrogen) atoms. The molecule has 1 heterocycles. The van der Waals surface area contributed by atoms with Gasteiger partial charge in [0.2, 0.25) is 5.91 Å². The zero-order chi connectivity index (χ0) is 14.4. The Morgan fingerprint density at radius 1 is 1.40 bits per heavy atom. The van der Waals surface area contributed by atoms with Crippen LogP contribution in [0.25, 0.3) is 0 Å². The second-order valence-electron chi connectivity index (χ2n) is 4.91. The third-order valence-electron chi connectivity index (χ3n) is 3.57. The number of aliphatic hydroxyl groups excluding tert-OH is 1. The van der Waals surface area contributed by atoms with Crippen molar-refractivity contribution in [3.8, 4) is 0 Å². The molecule has 0 atom stereocenters. The van der Waals surface area contributed by atoms with Gasteiger partial charge in [-0.1, -0.05) is 18.9 Å². The summed E-state index contributed by atoms with van der Waals surface area (Å²) in [6.07, 6.45) is 4.23. The van der Waals surface area contributed by atoms with E-state index >= 15 is 0 Å². The molecule has 0 aromatic carbocycles. The molecular weight excluding hydrogens is 276 g/mol. The molecule has 1 aromatic heterocycles. The molecule has 2 amide bonds. The zero-order valence-corrected chi connectivity index (χ0v) is 12.2. The van der Waals surface area contributed by atoms with Crippen molar-refractivity contribution < 1.29 is 14.7 Å². The second-order valence-corrected chi connectivity index (χ2v) is 5.86. The van der Waals surface area contributed by atoms with Crippen LogP contribution in [0.2, 0.25) is 0 Å². The summed E-state index contributed by atoms with van der Waals surface area (Å²) in [5.41, 5.74) is 0. The van der Waals surface area contributed by atoms with Gasteiger partial charge in [-0.25, -0.2) is 0 Å². The Bertz CT molecular complexity index is 441. The van der Waals surface area contributed by atoms with Crippen LogP contribution < -0.4 is 5.32 Å². The minimum Gasteiger partial charge on any atom is -0.395 e. The summed E-state index contributed by atoms with van der Waals surface area (Å²) in [4.78, 5) is 26.3. The molecule has 1 aliphatic rings. The normalized spacial score (nSPS) is 15.2. The minimum atomic E-state index is -0.219. The molecule has 1 saturated carbocycles. The van der Waals surface area contributed by atoms with Crippen LogP contribution in [0.5, 0.6) is 0 Å². The van der Waals surface area contributed by atoms with Crippen molar-refractivity contribution in [2.45, 2.75) is 31.7 Å². The minimum absolute atomic E-state index is 0.00671. The van der Waals surface area contributed by atoms with E-state index in [9.17, 15) is 9.59 Å². The molecule has 5 nitrogen and oxygen atoms in total. The van der Waals surface area contributed by atoms with Gasteiger partial charge < -0.3 is 15.3 Å². The lowest BCUT2D eigenvalue weighted by atomic mass is 10.2. The highest BCUT2D eigenvalue weighted by atomic mass is 32.1. The molecule has 6 heteroatoms. The van der Waals surface area contributed by atoms with E-state index in [4.69, 9.17) is 5.11 Å². The Balaban J connectivity index is 1.86. The van der Waals surface area contributed by atoms with Crippen LogP contribution in [-0.4, -0.2) is 47.6 Å². The Kier molecular flexibility index (Phi) is 5.55. The van der Waals surface area contributed by atoms with E-state index in [0.29, 0.717) is 11.4 Å². The summed E-state index contributed by atoms with van der Waals surface area (Å²) < 4.78 is 0. The van der Waals surface area contributed by atoms with Gasteiger partial charge in [0.05, 0.1) is 18.0 Å². The van der Waals surface area contributed by atoms with Crippen molar-refractivity contribution in [3.05, 3.63) is 22.4 Å². The summed E-state index contributed by atoms with van der Waals surface area (Å²) in [5, 5.41) is 13.6. The summed E-state index contributed by atoms with van der Waals surface area (Å²) in [5.74, 6) is -0.334. The lowest BCUT2D eigenvalue weighted by Gasteiger charge is -2.28. The van der Waals surface area contributed by atoms with Gasteiger partial charge >= 0.3 is 0 Å². The third-order valence-corrected chi connectivity index (χ3v) is 4.44. The van der Waals surface area contributed by atoms with Gasteiger partial charge in [-0.2, -0.15) is 0 Å². The van der Waals surface area contributed by atoms with Crippen LogP contribution in [-0.2, 0) is 4.79 Å². The average molecular weight is 296 g/mol. The first-order chi connectivity index (χ1) is 9.72. The number of hydrogen-bond acceptors (Lipinski definition) is 4. The summed E-state index contributed by atoms with van der Waals surface area (Å²) in [7, 11) is 0. The first-order valence-electron chi connectivity index (χ1n) is 6.94. The van der Waals surface area contributed by atoms with Crippen molar-refractivity contribution >= 4 is 23.2 Å². The monoisotopic (exact) mass is 296 g/mol. The molecule has 0 unspecified atom stereocenters. The van der Waals surface area contributed by atoms with Gasteiger partial charge in [0, 0.05) is 12.6 Å². The van der Waals surface area contributed by atoms with E-state index in [1.165, 1.54) is 11.3 Å². The highest BCUT2D eigenvalue weighted by Gasteiger charge is 2.26. The topological polar surface area (TPSA) is 69.6 Å². The first kappa shape index (κ1) is 15.0. The number of aliphatic hydroxyl groups is 1. The molecule has 0 spiro atoms. The SMILES string of the molecule is O=C(NCC(=O)N(CCO)C1CCCC1)c1cccs1. The van der Waals surface area contributed by atoms with Crippen LogP contribution in [0, 0.1) is 0 Å². The number of carbonyl (C=O) groups is 2. The maximum absolute atomic E-state index is 12.2. The highest BCUT2D eigenvalue weighted by Crippen LogP contribution is 2.23. The molecule has 1 aliphatic carbocycles. The zero-order valence-electron chi connectivity index (χ0n) is 11.4. The molecule has 110 valence electrons. The van der Waals surface area contributed by atoms with Gasteiger partial charge in [0.15, 0.2) is 0 Å². The maximum atomic E-state index is 12.2. The van der Waals surface area contributed by atoms with Gasteiger partial charge in [-0.05, 0) is 24.3 Å². The van der Waals surface area contributed by atoms with E-state index in [-0.39, 0.29) is 31.0 Å². The van der Waals surface area contributed by atoms with E-state index in [2.05, 4.69) is 5.32 Å². The lowest BCUT2D eigenvalue weighted by Crippen LogP contribution is -2.45. The van der Waals surface area contributed by atoms with E-state index in [1.54, 1.807) is 17.0 Å². The van der Waals surface area contributed by atoms with Gasteiger partial charge in [0.1, 0.15) is 0 Å². The number of hydrogen-bond donors (Lipinski definition) is 2. The fraction of sp³-hybridized carbons (Fsp3) is 0.571. The number of amides is 2. The number of rotatable bonds is 6. The van der Waals surface area contributed by atoms with Crippen molar-refractivity contribution in [3.63, 3.8) is 0 Å². The van der Waals surface area contributed by atoms with Crippen LogP contribution in [0.3, 0.4) is 0 Å². The van der Waals surface area contributed by atoms with Crippen molar-refractivity contribution in [1.82, 2.24) is 10.2 Å². The molecule has 0 bridgehead atoms. The smallest absolute Gasteiger partial charge is 0.261 e. The number of carbonyl (C=O) groups excluding carboxylic acids is 2. The molecular formula is C14H20N2O3S. The molecule has 0 aliphatic heterocycles. The van der Waals surface area contributed by atoms with Gasteiger partial charge in [0.25, 0.3) is 5.91 Å². The van der Waals surface area contributed by atoms with E-state index in [1.807, 2.05) is 5.38 Å². The highest BCUT2D eigenvalue weighted by molar-refractivity contribution is 7.12. The van der Waals surface area contributed by atoms with Gasteiger partial charge in [-0.15, -0.1) is 11.3 Å². The fourth-order valence-corrected chi connectivity index (χ4v) is 3.23. The number of nitrogens with one attached hydrogen (secondary N) is 1. The molecule has 1 aromatic rings. The van der Waals surface area contributed by atoms with Crippen molar-refractivity contribution in [2.75, 3.05) is 19.7 Å².